The zero-order chi connectivity index (χ0) is 13.8. The van der Waals surface area contributed by atoms with Crippen LogP contribution in [-0.2, 0) is 0 Å². The van der Waals surface area contributed by atoms with Crippen LogP contribution in [0.5, 0.6) is 0 Å². The summed E-state index contributed by atoms with van der Waals surface area (Å²) in [6.45, 7) is 6.97. The number of rotatable bonds is 4. The monoisotopic (exact) mass is 261 g/mol. The zero-order valence-electron chi connectivity index (χ0n) is 12.4. The predicted molar refractivity (Wildman–Crippen MR) is 80.3 cm³/mol. The van der Waals surface area contributed by atoms with E-state index in [9.17, 15) is 5.11 Å². The van der Waals surface area contributed by atoms with E-state index < -0.39 is 0 Å². The molecule has 1 saturated carbocycles. The summed E-state index contributed by atoms with van der Waals surface area (Å²) in [5.41, 5.74) is 4.12. The fraction of sp³-hybridized carbons (Fsp3) is 0.647. The summed E-state index contributed by atoms with van der Waals surface area (Å²) in [5.74, 6) is 0.536. The van der Waals surface area contributed by atoms with Crippen molar-refractivity contribution >= 4 is 0 Å². The lowest BCUT2D eigenvalue weighted by atomic mass is 9.86. The third-order valence-electron chi connectivity index (χ3n) is 4.49. The van der Waals surface area contributed by atoms with Crippen LogP contribution in [0.15, 0.2) is 18.2 Å². The molecular formula is C17H27NO. The first kappa shape index (κ1) is 14.5. The quantitative estimate of drug-likeness (QED) is 0.869. The molecule has 1 aromatic carbocycles. The van der Waals surface area contributed by atoms with Gasteiger partial charge >= 0.3 is 0 Å². The van der Waals surface area contributed by atoms with Crippen LogP contribution in [0, 0.1) is 19.8 Å². The fourth-order valence-corrected chi connectivity index (χ4v) is 3.18. The highest BCUT2D eigenvalue weighted by Crippen LogP contribution is 2.26. The van der Waals surface area contributed by atoms with Crippen molar-refractivity contribution in [2.75, 3.05) is 6.61 Å². The van der Waals surface area contributed by atoms with Gasteiger partial charge in [-0.05, 0) is 63.5 Å². The molecule has 0 aromatic heterocycles. The van der Waals surface area contributed by atoms with Crippen molar-refractivity contribution in [1.29, 1.82) is 0 Å². The van der Waals surface area contributed by atoms with Gasteiger partial charge in [-0.15, -0.1) is 0 Å². The van der Waals surface area contributed by atoms with E-state index in [1.165, 1.54) is 29.5 Å². The summed E-state index contributed by atoms with van der Waals surface area (Å²) in [4.78, 5) is 0. The Morgan fingerprint density at radius 3 is 2.53 bits per heavy atom. The van der Waals surface area contributed by atoms with Gasteiger partial charge in [0.15, 0.2) is 0 Å². The first-order valence-electron chi connectivity index (χ1n) is 7.54. The Morgan fingerprint density at radius 2 is 1.89 bits per heavy atom. The van der Waals surface area contributed by atoms with E-state index >= 15 is 0 Å². The summed E-state index contributed by atoms with van der Waals surface area (Å²) in [6, 6.07) is 7.71. The summed E-state index contributed by atoms with van der Waals surface area (Å²) in [6.07, 6.45) is 4.71. The summed E-state index contributed by atoms with van der Waals surface area (Å²) < 4.78 is 0. The standard InChI is InChI=1S/C17H27NO/c1-12-4-5-13(2)17(10-12)14(3)18-16-8-6-15(11-19)7-9-16/h4-5,10,14-16,18-19H,6-9,11H2,1-3H3. The minimum absolute atomic E-state index is 0.360. The van der Waals surface area contributed by atoms with Crippen molar-refractivity contribution in [3.05, 3.63) is 34.9 Å². The van der Waals surface area contributed by atoms with E-state index in [2.05, 4.69) is 44.3 Å². The van der Waals surface area contributed by atoms with Gasteiger partial charge in [-0.3, -0.25) is 0 Å². The third kappa shape index (κ3) is 3.80. The van der Waals surface area contributed by atoms with E-state index in [1.54, 1.807) is 0 Å². The molecule has 1 aromatic rings. The Hall–Kier alpha value is -0.860. The van der Waals surface area contributed by atoms with E-state index in [0.29, 0.717) is 24.6 Å². The van der Waals surface area contributed by atoms with Gasteiger partial charge in [0.2, 0.25) is 0 Å². The molecule has 1 atom stereocenters. The molecule has 0 spiro atoms. The minimum Gasteiger partial charge on any atom is -0.396 e. The highest BCUT2D eigenvalue weighted by molar-refractivity contribution is 5.32. The van der Waals surface area contributed by atoms with Gasteiger partial charge in [0.05, 0.1) is 0 Å². The molecule has 1 aliphatic carbocycles. The van der Waals surface area contributed by atoms with Crippen molar-refractivity contribution in [3.63, 3.8) is 0 Å². The highest BCUT2D eigenvalue weighted by Gasteiger charge is 2.22. The molecular weight excluding hydrogens is 234 g/mol. The highest BCUT2D eigenvalue weighted by atomic mass is 16.3. The molecule has 0 amide bonds. The molecule has 0 bridgehead atoms. The molecule has 2 N–H and O–H groups in total. The topological polar surface area (TPSA) is 32.3 Å². The van der Waals surface area contributed by atoms with E-state index in [-0.39, 0.29) is 0 Å². The van der Waals surface area contributed by atoms with Gasteiger partial charge in [0.25, 0.3) is 0 Å². The molecule has 106 valence electrons. The number of hydrogen-bond acceptors (Lipinski definition) is 2. The molecule has 19 heavy (non-hydrogen) atoms. The maximum absolute atomic E-state index is 9.18. The number of aliphatic hydroxyl groups is 1. The number of aryl methyl sites for hydroxylation is 2. The van der Waals surface area contributed by atoms with Crippen molar-refractivity contribution in [1.82, 2.24) is 5.32 Å². The van der Waals surface area contributed by atoms with Crippen LogP contribution >= 0.6 is 0 Å². The Kier molecular flexibility index (Phi) is 5.00. The summed E-state index contributed by atoms with van der Waals surface area (Å²) in [7, 11) is 0. The first-order valence-corrected chi connectivity index (χ1v) is 7.54. The number of aliphatic hydroxyl groups excluding tert-OH is 1. The van der Waals surface area contributed by atoms with Gasteiger partial charge in [0, 0.05) is 18.7 Å². The van der Waals surface area contributed by atoms with Crippen molar-refractivity contribution in [3.8, 4) is 0 Å². The Balaban J connectivity index is 1.94. The van der Waals surface area contributed by atoms with Crippen molar-refractivity contribution in [2.24, 2.45) is 5.92 Å². The number of benzene rings is 1. The molecule has 0 heterocycles. The normalized spacial score (nSPS) is 25.3. The lowest BCUT2D eigenvalue weighted by Gasteiger charge is -2.31. The lowest BCUT2D eigenvalue weighted by Crippen LogP contribution is -2.35. The number of nitrogens with one attached hydrogen (secondary N) is 1. The Morgan fingerprint density at radius 1 is 1.21 bits per heavy atom. The van der Waals surface area contributed by atoms with E-state index in [0.717, 1.165) is 12.8 Å². The van der Waals surface area contributed by atoms with Gasteiger partial charge in [-0.25, -0.2) is 0 Å². The molecule has 1 unspecified atom stereocenters. The maximum atomic E-state index is 9.18. The molecule has 1 aliphatic rings. The fourth-order valence-electron chi connectivity index (χ4n) is 3.18. The van der Waals surface area contributed by atoms with Crippen LogP contribution in [0.3, 0.4) is 0 Å². The average molecular weight is 261 g/mol. The Bertz CT molecular complexity index is 408. The van der Waals surface area contributed by atoms with Crippen LogP contribution in [0.25, 0.3) is 0 Å². The molecule has 0 radical (unpaired) electrons. The third-order valence-corrected chi connectivity index (χ3v) is 4.49. The lowest BCUT2D eigenvalue weighted by molar-refractivity contribution is 0.172. The Labute approximate surface area is 117 Å². The van der Waals surface area contributed by atoms with Gasteiger partial charge in [0.1, 0.15) is 0 Å². The molecule has 2 rings (SSSR count). The number of hydrogen-bond donors (Lipinski definition) is 2. The smallest absolute Gasteiger partial charge is 0.0459 e. The second kappa shape index (κ2) is 6.53. The second-order valence-corrected chi connectivity index (χ2v) is 6.15. The van der Waals surface area contributed by atoms with Gasteiger partial charge in [-0.2, -0.15) is 0 Å². The van der Waals surface area contributed by atoms with Crippen molar-refractivity contribution in [2.45, 2.75) is 58.5 Å². The van der Waals surface area contributed by atoms with Gasteiger partial charge in [-0.1, -0.05) is 23.8 Å². The second-order valence-electron chi connectivity index (χ2n) is 6.15. The minimum atomic E-state index is 0.360. The molecule has 0 aliphatic heterocycles. The predicted octanol–water partition coefficient (Wildman–Crippen LogP) is 3.51. The van der Waals surface area contributed by atoms with E-state index in [4.69, 9.17) is 0 Å². The van der Waals surface area contributed by atoms with Crippen LogP contribution in [-0.4, -0.2) is 17.8 Å². The summed E-state index contributed by atoms with van der Waals surface area (Å²) in [5, 5.41) is 12.9. The zero-order valence-corrected chi connectivity index (χ0v) is 12.4. The SMILES string of the molecule is Cc1ccc(C)c(C(C)NC2CCC(CO)CC2)c1. The molecule has 0 saturated heterocycles. The van der Waals surface area contributed by atoms with Crippen molar-refractivity contribution < 1.29 is 5.11 Å². The molecule has 2 nitrogen and oxygen atoms in total. The maximum Gasteiger partial charge on any atom is 0.0459 e. The van der Waals surface area contributed by atoms with Crippen LogP contribution in [0.2, 0.25) is 0 Å². The van der Waals surface area contributed by atoms with Crippen LogP contribution in [0.4, 0.5) is 0 Å². The molecule has 2 heteroatoms. The summed E-state index contributed by atoms with van der Waals surface area (Å²) >= 11 is 0. The largest absolute Gasteiger partial charge is 0.396 e. The molecule has 1 fully saturated rings. The van der Waals surface area contributed by atoms with E-state index in [1.807, 2.05) is 0 Å². The van der Waals surface area contributed by atoms with Crippen LogP contribution in [0.1, 0.15) is 55.3 Å². The van der Waals surface area contributed by atoms with Crippen LogP contribution < -0.4 is 5.32 Å². The van der Waals surface area contributed by atoms with Gasteiger partial charge < -0.3 is 10.4 Å². The average Bonchev–Trinajstić information content (AvgIpc) is 2.42. The first-order chi connectivity index (χ1) is 9.10.